The molecule has 0 bridgehead atoms. The predicted octanol–water partition coefficient (Wildman–Crippen LogP) is 2.25. The largest absolute Gasteiger partial charge is 0.497 e. The van der Waals surface area contributed by atoms with Gasteiger partial charge >= 0.3 is 0 Å². The number of nitrogens with one attached hydrogen (secondary N) is 1. The van der Waals surface area contributed by atoms with E-state index in [9.17, 15) is 8.42 Å². The van der Waals surface area contributed by atoms with E-state index < -0.39 is 10.0 Å². The van der Waals surface area contributed by atoms with Crippen molar-refractivity contribution < 1.29 is 13.2 Å². The quantitative estimate of drug-likeness (QED) is 0.872. The molecular weight excluding hydrogens is 324 g/mol. The lowest BCUT2D eigenvalue weighted by atomic mass is 10.2. The van der Waals surface area contributed by atoms with Crippen LogP contribution in [-0.4, -0.2) is 39.6 Å². The van der Waals surface area contributed by atoms with Gasteiger partial charge in [-0.1, -0.05) is 30.3 Å². The molecule has 6 heteroatoms. The van der Waals surface area contributed by atoms with Crippen molar-refractivity contribution in [3.05, 3.63) is 60.2 Å². The number of likely N-dealkylation sites (tertiary alicyclic amines) is 1. The second-order valence-corrected chi connectivity index (χ2v) is 7.72. The Morgan fingerprint density at radius 2 is 1.83 bits per heavy atom. The molecule has 0 amide bonds. The highest BCUT2D eigenvalue weighted by Crippen LogP contribution is 2.18. The number of ether oxygens (including phenoxy) is 1. The molecule has 0 spiro atoms. The summed E-state index contributed by atoms with van der Waals surface area (Å²) in [5, 5.41) is 0. The van der Waals surface area contributed by atoms with Crippen molar-refractivity contribution >= 4 is 10.0 Å². The van der Waals surface area contributed by atoms with E-state index in [1.54, 1.807) is 31.4 Å². The fourth-order valence-electron chi connectivity index (χ4n) is 2.96. The monoisotopic (exact) mass is 346 g/mol. The van der Waals surface area contributed by atoms with Crippen molar-refractivity contribution in [2.24, 2.45) is 0 Å². The maximum absolute atomic E-state index is 12.5. The molecule has 0 aromatic heterocycles. The average molecular weight is 346 g/mol. The number of methoxy groups -OCH3 is 1. The third kappa shape index (κ3) is 4.14. The van der Waals surface area contributed by atoms with Gasteiger partial charge in [0.15, 0.2) is 0 Å². The van der Waals surface area contributed by atoms with Crippen molar-refractivity contribution in [2.45, 2.75) is 23.9 Å². The summed E-state index contributed by atoms with van der Waals surface area (Å²) >= 11 is 0. The van der Waals surface area contributed by atoms with Gasteiger partial charge in [0.25, 0.3) is 0 Å². The molecule has 1 unspecified atom stereocenters. The Morgan fingerprint density at radius 1 is 1.12 bits per heavy atom. The van der Waals surface area contributed by atoms with Crippen LogP contribution >= 0.6 is 0 Å². The molecule has 1 atom stereocenters. The van der Waals surface area contributed by atoms with Crippen LogP contribution in [-0.2, 0) is 16.6 Å². The smallest absolute Gasteiger partial charge is 0.240 e. The third-order valence-electron chi connectivity index (χ3n) is 4.21. The Morgan fingerprint density at radius 3 is 2.50 bits per heavy atom. The molecule has 2 aromatic rings. The lowest BCUT2D eigenvalue weighted by Gasteiger charge is -2.17. The van der Waals surface area contributed by atoms with Gasteiger partial charge in [0, 0.05) is 25.7 Å². The van der Waals surface area contributed by atoms with E-state index in [0.717, 1.165) is 26.1 Å². The molecule has 1 aliphatic rings. The summed E-state index contributed by atoms with van der Waals surface area (Å²) in [6.45, 7) is 2.47. The van der Waals surface area contributed by atoms with Crippen molar-refractivity contribution in [3.63, 3.8) is 0 Å². The van der Waals surface area contributed by atoms with Crippen LogP contribution in [0.1, 0.15) is 12.0 Å². The van der Waals surface area contributed by atoms with Crippen molar-refractivity contribution in [2.75, 3.05) is 20.2 Å². The lowest BCUT2D eigenvalue weighted by molar-refractivity contribution is 0.324. The zero-order chi connectivity index (χ0) is 17.0. The SMILES string of the molecule is COc1ccc(S(=O)(=O)NC2CCN(Cc3ccccc3)C2)cc1. The maximum Gasteiger partial charge on any atom is 0.240 e. The van der Waals surface area contributed by atoms with Crippen molar-refractivity contribution in [1.29, 1.82) is 0 Å². The molecule has 1 heterocycles. The molecule has 0 radical (unpaired) electrons. The minimum Gasteiger partial charge on any atom is -0.497 e. The molecule has 1 aliphatic heterocycles. The highest BCUT2D eigenvalue weighted by atomic mass is 32.2. The maximum atomic E-state index is 12.5. The summed E-state index contributed by atoms with van der Waals surface area (Å²) in [6, 6.07) is 16.6. The van der Waals surface area contributed by atoms with Crippen LogP contribution in [0, 0.1) is 0 Å². The van der Waals surface area contributed by atoms with Crippen LogP contribution in [0.2, 0.25) is 0 Å². The van der Waals surface area contributed by atoms with Gasteiger partial charge in [0.05, 0.1) is 12.0 Å². The van der Waals surface area contributed by atoms with Gasteiger partial charge < -0.3 is 4.74 Å². The van der Waals surface area contributed by atoms with E-state index in [2.05, 4.69) is 21.8 Å². The lowest BCUT2D eigenvalue weighted by Crippen LogP contribution is -2.36. The molecule has 2 aromatic carbocycles. The second kappa shape index (κ2) is 7.34. The van der Waals surface area contributed by atoms with Crippen LogP contribution < -0.4 is 9.46 Å². The summed E-state index contributed by atoms with van der Waals surface area (Å²) in [5.74, 6) is 0.642. The Balaban J connectivity index is 1.59. The van der Waals surface area contributed by atoms with Gasteiger partial charge in [-0.3, -0.25) is 4.90 Å². The van der Waals surface area contributed by atoms with Crippen LogP contribution in [0.4, 0.5) is 0 Å². The van der Waals surface area contributed by atoms with Crippen LogP contribution in [0.25, 0.3) is 0 Å². The number of sulfonamides is 1. The van der Waals surface area contributed by atoms with Gasteiger partial charge in [-0.05, 0) is 36.2 Å². The van der Waals surface area contributed by atoms with Gasteiger partial charge in [-0.25, -0.2) is 13.1 Å². The molecule has 24 heavy (non-hydrogen) atoms. The zero-order valence-corrected chi connectivity index (χ0v) is 14.5. The van der Waals surface area contributed by atoms with Gasteiger partial charge in [-0.2, -0.15) is 0 Å². The Bertz CT molecular complexity index is 761. The first-order valence-electron chi connectivity index (χ1n) is 7.99. The van der Waals surface area contributed by atoms with Crippen LogP contribution in [0.15, 0.2) is 59.5 Å². The van der Waals surface area contributed by atoms with E-state index in [0.29, 0.717) is 5.75 Å². The Kier molecular flexibility index (Phi) is 5.18. The molecule has 1 saturated heterocycles. The first-order chi connectivity index (χ1) is 11.6. The van der Waals surface area contributed by atoms with E-state index in [1.807, 2.05) is 18.2 Å². The predicted molar refractivity (Wildman–Crippen MR) is 93.4 cm³/mol. The Hall–Kier alpha value is -1.89. The molecule has 128 valence electrons. The van der Waals surface area contributed by atoms with Crippen molar-refractivity contribution in [1.82, 2.24) is 9.62 Å². The van der Waals surface area contributed by atoms with E-state index in [4.69, 9.17) is 4.74 Å². The molecule has 5 nitrogen and oxygen atoms in total. The fourth-order valence-corrected chi connectivity index (χ4v) is 4.22. The number of rotatable bonds is 6. The number of nitrogens with zero attached hydrogens (tertiary/aromatic N) is 1. The summed E-state index contributed by atoms with van der Waals surface area (Å²) in [5.41, 5.74) is 1.25. The summed E-state index contributed by atoms with van der Waals surface area (Å²) in [6.07, 6.45) is 0.822. The number of hydrogen-bond acceptors (Lipinski definition) is 4. The fraction of sp³-hybridized carbons (Fsp3) is 0.333. The first-order valence-corrected chi connectivity index (χ1v) is 9.48. The minimum atomic E-state index is -3.50. The normalized spacial score (nSPS) is 18.6. The van der Waals surface area contributed by atoms with Crippen LogP contribution in [0.5, 0.6) is 5.75 Å². The van der Waals surface area contributed by atoms with Crippen LogP contribution in [0.3, 0.4) is 0 Å². The molecule has 0 aliphatic carbocycles. The van der Waals surface area contributed by atoms with E-state index in [-0.39, 0.29) is 10.9 Å². The second-order valence-electron chi connectivity index (χ2n) is 6.00. The topological polar surface area (TPSA) is 58.6 Å². The van der Waals surface area contributed by atoms with E-state index in [1.165, 1.54) is 5.56 Å². The summed E-state index contributed by atoms with van der Waals surface area (Å²) < 4.78 is 32.8. The average Bonchev–Trinajstić information content (AvgIpc) is 3.02. The van der Waals surface area contributed by atoms with Crippen molar-refractivity contribution in [3.8, 4) is 5.75 Å². The third-order valence-corrected chi connectivity index (χ3v) is 5.75. The zero-order valence-electron chi connectivity index (χ0n) is 13.7. The van der Waals surface area contributed by atoms with E-state index >= 15 is 0 Å². The van der Waals surface area contributed by atoms with Gasteiger partial charge in [0.1, 0.15) is 5.75 Å². The summed E-state index contributed by atoms with van der Waals surface area (Å²) in [7, 11) is -1.94. The molecular formula is C18H22N2O3S. The Labute approximate surface area is 143 Å². The first kappa shape index (κ1) is 17.0. The van der Waals surface area contributed by atoms with Gasteiger partial charge in [-0.15, -0.1) is 0 Å². The van der Waals surface area contributed by atoms with Gasteiger partial charge in [0.2, 0.25) is 10.0 Å². The standard InChI is InChI=1S/C18H22N2O3S/c1-23-17-7-9-18(10-8-17)24(21,22)19-16-11-12-20(14-16)13-15-5-3-2-4-6-15/h2-10,16,19H,11-14H2,1H3. The minimum absolute atomic E-state index is 0.0548. The number of benzene rings is 2. The summed E-state index contributed by atoms with van der Waals surface area (Å²) in [4.78, 5) is 2.54. The molecule has 1 N–H and O–H groups in total. The molecule has 3 rings (SSSR count). The number of hydrogen-bond donors (Lipinski definition) is 1. The molecule has 0 saturated carbocycles. The highest BCUT2D eigenvalue weighted by Gasteiger charge is 2.27. The highest BCUT2D eigenvalue weighted by molar-refractivity contribution is 7.89. The molecule has 1 fully saturated rings.